The average molecular weight is 549 g/mol. The van der Waals surface area contributed by atoms with Crippen LogP contribution in [0, 0.1) is 17.2 Å². The Bertz CT molecular complexity index is 1620. The Labute approximate surface area is 229 Å². The lowest BCUT2D eigenvalue weighted by molar-refractivity contribution is 0.0913. The number of urea groups is 1. The number of amides is 3. The van der Waals surface area contributed by atoms with E-state index in [4.69, 9.17) is 16.9 Å². The largest absolute Gasteiger partial charge is 0.348 e. The molecule has 1 aromatic heterocycles. The van der Waals surface area contributed by atoms with Crippen LogP contribution < -0.4 is 21.9 Å². The molecule has 0 spiro atoms. The van der Waals surface area contributed by atoms with Gasteiger partial charge in [0.2, 0.25) is 0 Å². The van der Waals surface area contributed by atoms with Crippen molar-refractivity contribution >= 4 is 40.1 Å². The topological polar surface area (TPSA) is 129 Å². The van der Waals surface area contributed by atoms with Crippen molar-refractivity contribution in [3.63, 3.8) is 0 Å². The van der Waals surface area contributed by atoms with Crippen LogP contribution in [0.5, 0.6) is 0 Å². The minimum absolute atomic E-state index is 0.209. The maximum absolute atomic E-state index is 13.2. The maximum atomic E-state index is 13.2. The fraction of sp³-hybridized carbons (Fsp3) is 0.393. The van der Waals surface area contributed by atoms with Gasteiger partial charge in [-0.15, -0.1) is 0 Å². The monoisotopic (exact) mass is 548 g/mol. The Morgan fingerprint density at radius 3 is 2.59 bits per heavy atom. The Morgan fingerprint density at radius 1 is 1.10 bits per heavy atom. The summed E-state index contributed by atoms with van der Waals surface area (Å²) in [4.78, 5) is 53.6. The number of likely N-dealkylation sites (tertiary alicyclic amines) is 1. The predicted molar refractivity (Wildman–Crippen MR) is 148 cm³/mol. The van der Waals surface area contributed by atoms with Gasteiger partial charge in [-0.05, 0) is 74.9 Å². The van der Waals surface area contributed by atoms with Crippen LogP contribution in [0.1, 0.15) is 48.5 Å². The smallest absolute Gasteiger partial charge is 0.331 e. The first-order valence-corrected chi connectivity index (χ1v) is 13.5. The molecule has 0 radical (unpaired) electrons. The lowest BCUT2D eigenvalue weighted by Crippen LogP contribution is -2.50. The van der Waals surface area contributed by atoms with Crippen molar-refractivity contribution in [3.8, 4) is 6.07 Å². The molecule has 3 aromatic rings. The van der Waals surface area contributed by atoms with Crippen LogP contribution in [0.15, 0.2) is 46.0 Å². The SMILES string of the molecule is CCn1c(=O)n(CC2CC2)c(=O)c2cc(NC(=O)N3CCCC(NC(=O)c4ccc(C#N)c(Cl)c4)C3)ccc21. The summed E-state index contributed by atoms with van der Waals surface area (Å²) in [6, 6.07) is 10.9. The molecule has 3 amide bonds. The third-order valence-corrected chi connectivity index (χ3v) is 7.64. The third kappa shape index (κ3) is 5.54. The molecule has 2 N–H and O–H groups in total. The van der Waals surface area contributed by atoms with E-state index in [0.29, 0.717) is 72.7 Å². The summed E-state index contributed by atoms with van der Waals surface area (Å²) in [6.07, 6.45) is 3.46. The van der Waals surface area contributed by atoms with Crippen molar-refractivity contribution in [2.24, 2.45) is 5.92 Å². The number of piperidine rings is 1. The second-order valence-corrected chi connectivity index (χ2v) is 10.5. The molecule has 5 rings (SSSR count). The number of nitrogens with zero attached hydrogens (tertiary/aromatic N) is 4. The number of aromatic nitrogens is 2. The quantitative estimate of drug-likeness (QED) is 0.486. The molecule has 1 atom stereocenters. The zero-order chi connectivity index (χ0) is 27.7. The highest BCUT2D eigenvalue weighted by Crippen LogP contribution is 2.30. The number of halogens is 1. The molecule has 1 saturated heterocycles. The summed E-state index contributed by atoms with van der Waals surface area (Å²) in [5.74, 6) is 0.0371. The number of carbonyl (C=O) groups is 2. The number of aryl methyl sites for hydroxylation is 1. The van der Waals surface area contributed by atoms with E-state index in [1.54, 1.807) is 33.7 Å². The summed E-state index contributed by atoms with van der Waals surface area (Å²) in [7, 11) is 0. The molecule has 2 aliphatic rings. The normalized spacial score (nSPS) is 17.1. The van der Waals surface area contributed by atoms with E-state index in [1.807, 2.05) is 13.0 Å². The van der Waals surface area contributed by atoms with Crippen LogP contribution in [0.25, 0.3) is 10.9 Å². The first-order chi connectivity index (χ1) is 18.8. The van der Waals surface area contributed by atoms with Gasteiger partial charge in [0, 0.05) is 43.5 Å². The summed E-state index contributed by atoms with van der Waals surface area (Å²) in [5, 5.41) is 15.4. The Kier molecular flexibility index (Phi) is 7.44. The van der Waals surface area contributed by atoms with E-state index in [1.165, 1.54) is 16.7 Å². The lowest BCUT2D eigenvalue weighted by Gasteiger charge is -2.33. The van der Waals surface area contributed by atoms with Crippen LogP contribution in [-0.2, 0) is 13.1 Å². The molecule has 1 aliphatic heterocycles. The fourth-order valence-corrected chi connectivity index (χ4v) is 5.25. The number of benzene rings is 2. The molecule has 2 heterocycles. The number of rotatable bonds is 6. The van der Waals surface area contributed by atoms with Crippen molar-refractivity contribution in [1.29, 1.82) is 5.26 Å². The van der Waals surface area contributed by atoms with Crippen molar-refractivity contribution in [2.75, 3.05) is 18.4 Å². The molecule has 11 heteroatoms. The molecular formula is C28H29ClN6O4. The van der Waals surface area contributed by atoms with E-state index in [9.17, 15) is 19.2 Å². The Balaban J connectivity index is 1.29. The minimum atomic E-state index is -0.341. The van der Waals surface area contributed by atoms with Crippen molar-refractivity contribution in [1.82, 2.24) is 19.4 Å². The Morgan fingerprint density at radius 2 is 1.90 bits per heavy atom. The fourth-order valence-electron chi connectivity index (χ4n) is 5.02. The van der Waals surface area contributed by atoms with Gasteiger partial charge in [-0.1, -0.05) is 11.6 Å². The molecule has 39 heavy (non-hydrogen) atoms. The van der Waals surface area contributed by atoms with Crippen LogP contribution >= 0.6 is 11.6 Å². The second-order valence-electron chi connectivity index (χ2n) is 10.1. The maximum Gasteiger partial charge on any atom is 0.331 e. The highest BCUT2D eigenvalue weighted by atomic mass is 35.5. The van der Waals surface area contributed by atoms with Gasteiger partial charge in [-0.25, -0.2) is 9.59 Å². The number of carbonyl (C=O) groups excluding carboxylic acids is 2. The highest BCUT2D eigenvalue weighted by Gasteiger charge is 2.27. The molecule has 10 nitrogen and oxygen atoms in total. The van der Waals surface area contributed by atoms with E-state index in [0.717, 1.165) is 12.8 Å². The molecule has 202 valence electrons. The van der Waals surface area contributed by atoms with Gasteiger partial charge < -0.3 is 15.5 Å². The standard InChI is InChI=1S/C28H29ClN6O4/c1-2-34-24-10-9-20(13-22(24)26(37)35(28(34)39)15-17-5-6-17)32-27(38)33-11-3-4-21(16-33)31-25(36)18-7-8-19(14-30)23(29)12-18/h7-10,12-13,17,21H,2-6,11,15-16H2,1H3,(H,31,36)(H,32,38). The van der Waals surface area contributed by atoms with Crippen LogP contribution in [0.3, 0.4) is 0 Å². The molecular weight excluding hydrogens is 520 g/mol. The van der Waals surface area contributed by atoms with Crippen molar-refractivity contribution < 1.29 is 9.59 Å². The number of nitrogens with one attached hydrogen (secondary N) is 2. The molecule has 1 saturated carbocycles. The van der Waals surface area contributed by atoms with Crippen LogP contribution in [0.2, 0.25) is 5.02 Å². The zero-order valence-electron chi connectivity index (χ0n) is 21.6. The highest BCUT2D eigenvalue weighted by molar-refractivity contribution is 6.32. The zero-order valence-corrected chi connectivity index (χ0v) is 22.3. The second kappa shape index (κ2) is 10.9. The van der Waals surface area contributed by atoms with Gasteiger partial charge in [0.05, 0.1) is 21.5 Å². The Hall–Kier alpha value is -4.10. The summed E-state index contributed by atoms with van der Waals surface area (Å²) < 4.78 is 2.90. The van der Waals surface area contributed by atoms with Gasteiger partial charge in [0.25, 0.3) is 11.5 Å². The number of hydrogen-bond donors (Lipinski definition) is 2. The molecule has 1 aliphatic carbocycles. The van der Waals surface area contributed by atoms with Crippen molar-refractivity contribution in [3.05, 3.63) is 73.4 Å². The minimum Gasteiger partial charge on any atom is -0.348 e. The van der Waals surface area contributed by atoms with E-state index < -0.39 is 0 Å². The molecule has 2 fully saturated rings. The number of fused-ring (bicyclic) bond motifs is 1. The van der Waals surface area contributed by atoms with Gasteiger partial charge in [-0.2, -0.15) is 5.26 Å². The molecule has 2 aromatic carbocycles. The average Bonchev–Trinajstić information content (AvgIpc) is 3.76. The summed E-state index contributed by atoms with van der Waals surface area (Å²) in [5.41, 5.74) is 0.995. The first kappa shape index (κ1) is 26.5. The van der Waals surface area contributed by atoms with Crippen LogP contribution in [-0.4, -0.2) is 45.1 Å². The predicted octanol–water partition coefficient (Wildman–Crippen LogP) is 3.54. The molecule has 0 bridgehead atoms. The van der Waals surface area contributed by atoms with Gasteiger partial charge >= 0.3 is 11.7 Å². The summed E-state index contributed by atoms with van der Waals surface area (Å²) in [6.45, 7) is 3.56. The third-order valence-electron chi connectivity index (χ3n) is 7.33. The number of nitriles is 1. The van der Waals surface area contributed by atoms with E-state index >= 15 is 0 Å². The number of anilines is 1. The molecule has 1 unspecified atom stereocenters. The number of hydrogen-bond acceptors (Lipinski definition) is 5. The van der Waals surface area contributed by atoms with Crippen LogP contribution in [0.4, 0.5) is 10.5 Å². The summed E-state index contributed by atoms with van der Waals surface area (Å²) >= 11 is 6.06. The van der Waals surface area contributed by atoms with E-state index in [2.05, 4.69) is 10.6 Å². The van der Waals surface area contributed by atoms with Gasteiger partial charge in [-0.3, -0.25) is 18.7 Å². The van der Waals surface area contributed by atoms with E-state index in [-0.39, 0.29) is 34.3 Å². The van der Waals surface area contributed by atoms with Gasteiger partial charge in [0.15, 0.2) is 0 Å². The van der Waals surface area contributed by atoms with Crippen molar-refractivity contribution in [2.45, 2.75) is 51.7 Å². The van der Waals surface area contributed by atoms with Gasteiger partial charge in [0.1, 0.15) is 6.07 Å². The lowest BCUT2D eigenvalue weighted by atomic mass is 10.0. The first-order valence-electron chi connectivity index (χ1n) is 13.1.